The van der Waals surface area contributed by atoms with E-state index >= 15 is 0 Å². The van der Waals surface area contributed by atoms with Crippen LogP contribution in [0.5, 0.6) is 0 Å². The number of Topliss-reactive ketones (excluding diaryl/α,β-unsaturated/α-hetero) is 1. The number of nitrogens with zero attached hydrogens (tertiary/aromatic N) is 8. The van der Waals surface area contributed by atoms with Gasteiger partial charge in [0.1, 0.15) is 46.1 Å². The van der Waals surface area contributed by atoms with E-state index in [0.29, 0.717) is 45.9 Å². The lowest BCUT2D eigenvalue weighted by Crippen LogP contribution is -2.45. The number of aliphatic carboxylic acids is 1. The molecule has 4 aromatic heterocycles. The van der Waals surface area contributed by atoms with Crippen molar-refractivity contribution in [3.63, 3.8) is 0 Å². The summed E-state index contributed by atoms with van der Waals surface area (Å²) in [5, 5.41) is 28.5. The molecule has 0 unspecified atom stereocenters. The molecule has 2 amide bonds. The van der Waals surface area contributed by atoms with E-state index in [1.807, 2.05) is 0 Å². The molecule has 0 radical (unpaired) electrons. The van der Waals surface area contributed by atoms with Crippen molar-refractivity contribution in [3.05, 3.63) is 114 Å². The van der Waals surface area contributed by atoms with Gasteiger partial charge in [0.2, 0.25) is 11.9 Å². The minimum Gasteiger partial charge on any atom is -0.480 e. The van der Waals surface area contributed by atoms with Gasteiger partial charge in [-0.05, 0) is 102 Å². The van der Waals surface area contributed by atoms with Gasteiger partial charge in [-0.15, -0.1) is 0 Å². The number of nitrogen functional groups attached to an aromatic ring is 1. The summed E-state index contributed by atoms with van der Waals surface area (Å²) in [6.45, 7) is 10.3. The van der Waals surface area contributed by atoms with E-state index in [1.165, 1.54) is 36.4 Å². The van der Waals surface area contributed by atoms with Gasteiger partial charge in [-0.1, -0.05) is 24.3 Å². The van der Waals surface area contributed by atoms with Crippen molar-refractivity contribution >= 4 is 41.7 Å². The third-order valence-corrected chi connectivity index (χ3v) is 9.31. The first-order chi connectivity index (χ1) is 32.4. The van der Waals surface area contributed by atoms with Gasteiger partial charge in [0.25, 0.3) is 0 Å². The normalized spacial score (nSPS) is 11.9. The van der Waals surface area contributed by atoms with E-state index in [4.69, 9.17) is 20.3 Å². The van der Waals surface area contributed by atoms with E-state index in [2.05, 4.69) is 51.4 Å². The number of nitrogens with two attached hydrogens (primary N) is 1. The lowest BCUT2D eigenvalue weighted by Gasteiger charge is -2.23. The Kier molecular flexibility index (Phi) is 18.7. The number of alkyl carbamates (subject to hydrolysis) is 2. The van der Waals surface area contributed by atoms with Crippen LogP contribution in [0.25, 0.3) is 22.8 Å². The number of carbonyl (C=O) groups excluding carboxylic acids is 3. The fraction of sp³-hybridized carbons (Fsp3) is 0.362. The van der Waals surface area contributed by atoms with Crippen LogP contribution in [0.2, 0.25) is 0 Å². The van der Waals surface area contributed by atoms with E-state index in [0.717, 1.165) is 11.4 Å². The van der Waals surface area contributed by atoms with Gasteiger partial charge in [-0.2, -0.15) is 10.2 Å². The Hall–Kier alpha value is -8.04. The molecule has 2 atom stereocenters. The van der Waals surface area contributed by atoms with Gasteiger partial charge < -0.3 is 41.6 Å². The molecule has 368 valence electrons. The molecule has 22 heteroatoms. The number of carboxylic acids is 1. The SMILES string of the molecule is CC(C)(C)OC(=O)N[C@@H](Cc1ccc(F)cc1)C(=O)O.CNc1nccc(-c2cc(CC(=O)[C@H](Cc3ccc(F)cc3)NC(=O)OC(C)(C)C)n(C)n2)n1.CNc1nccc(-c2cc(N)n(C)n2)n1. The minimum absolute atomic E-state index is 0.0229. The highest BCUT2D eigenvalue weighted by Crippen LogP contribution is 2.20. The number of anilines is 3. The molecule has 2 aromatic carbocycles. The summed E-state index contributed by atoms with van der Waals surface area (Å²) >= 11 is 0. The molecular formula is C47H59F2N13O7. The number of ether oxygens (including phenoxy) is 2. The van der Waals surface area contributed by atoms with Crippen LogP contribution in [0.15, 0.2) is 85.2 Å². The molecule has 6 aromatic rings. The van der Waals surface area contributed by atoms with Crippen molar-refractivity contribution in [2.45, 2.75) is 84.1 Å². The van der Waals surface area contributed by atoms with Gasteiger partial charge in [0.15, 0.2) is 5.78 Å². The predicted molar refractivity (Wildman–Crippen MR) is 255 cm³/mol. The molecule has 0 saturated carbocycles. The third-order valence-electron chi connectivity index (χ3n) is 9.31. The van der Waals surface area contributed by atoms with Gasteiger partial charge in [-0.3, -0.25) is 14.2 Å². The number of carboxylic acid groups (broad SMARTS) is 1. The lowest BCUT2D eigenvalue weighted by atomic mass is 9.99. The van der Waals surface area contributed by atoms with Crippen LogP contribution in [0.4, 0.5) is 36.1 Å². The topological polar surface area (TPSA) is 268 Å². The molecule has 6 rings (SSSR count). The molecule has 4 heterocycles. The number of hydrogen-bond acceptors (Lipinski definition) is 15. The summed E-state index contributed by atoms with van der Waals surface area (Å²) in [5.74, 6) is -0.558. The highest BCUT2D eigenvalue weighted by Gasteiger charge is 2.27. The molecule has 0 spiro atoms. The minimum atomic E-state index is -1.18. The maximum absolute atomic E-state index is 13.3. The van der Waals surface area contributed by atoms with Crippen LogP contribution < -0.4 is 27.0 Å². The Labute approximate surface area is 398 Å². The van der Waals surface area contributed by atoms with Gasteiger partial charge in [-0.25, -0.2) is 43.1 Å². The fourth-order valence-electron chi connectivity index (χ4n) is 6.01. The van der Waals surface area contributed by atoms with Crippen molar-refractivity contribution in [2.24, 2.45) is 14.1 Å². The summed E-state index contributed by atoms with van der Waals surface area (Å²) in [6, 6.07) is 16.3. The molecule has 20 nitrogen and oxygen atoms in total. The molecule has 0 aliphatic carbocycles. The van der Waals surface area contributed by atoms with Gasteiger partial charge in [0.05, 0.1) is 23.9 Å². The summed E-state index contributed by atoms with van der Waals surface area (Å²) in [5.41, 5.74) is 8.95. The number of benzene rings is 2. The quantitative estimate of drug-likeness (QED) is 0.0714. The van der Waals surface area contributed by atoms with Crippen LogP contribution in [0.3, 0.4) is 0 Å². The number of aryl methyl sites for hydroxylation is 2. The lowest BCUT2D eigenvalue weighted by molar-refractivity contribution is -0.139. The third kappa shape index (κ3) is 17.9. The van der Waals surface area contributed by atoms with Crippen LogP contribution in [0.1, 0.15) is 58.4 Å². The van der Waals surface area contributed by atoms with Crippen molar-refractivity contribution < 1.29 is 42.5 Å². The van der Waals surface area contributed by atoms with Crippen molar-refractivity contribution in [1.82, 2.24) is 50.1 Å². The van der Waals surface area contributed by atoms with Crippen LogP contribution in [-0.4, -0.2) is 106 Å². The molecule has 0 saturated heterocycles. The highest BCUT2D eigenvalue weighted by atomic mass is 19.1. The number of ketones is 1. The second kappa shape index (κ2) is 24.1. The number of carbonyl (C=O) groups is 4. The molecule has 0 fully saturated rings. The van der Waals surface area contributed by atoms with E-state index < -0.39 is 47.3 Å². The first kappa shape index (κ1) is 53.6. The zero-order valence-electron chi connectivity index (χ0n) is 40.2. The molecule has 0 aliphatic heterocycles. The number of rotatable bonds is 14. The summed E-state index contributed by atoms with van der Waals surface area (Å²) in [4.78, 5) is 65.1. The smallest absolute Gasteiger partial charge is 0.408 e. The van der Waals surface area contributed by atoms with Gasteiger partial charge >= 0.3 is 18.2 Å². The Morgan fingerprint density at radius 3 is 1.48 bits per heavy atom. The van der Waals surface area contributed by atoms with Gasteiger partial charge in [0, 0.05) is 58.8 Å². The Balaban J connectivity index is 0.000000250. The second-order valence-corrected chi connectivity index (χ2v) is 17.3. The van der Waals surface area contributed by atoms with Crippen LogP contribution >= 0.6 is 0 Å². The number of hydrogen-bond donors (Lipinski definition) is 6. The monoisotopic (exact) mass is 955 g/mol. The predicted octanol–water partition coefficient (Wildman–Crippen LogP) is 6.15. The largest absolute Gasteiger partial charge is 0.480 e. The molecule has 69 heavy (non-hydrogen) atoms. The molecule has 0 bridgehead atoms. The van der Waals surface area contributed by atoms with E-state index in [1.54, 1.807) is 128 Å². The van der Waals surface area contributed by atoms with Crippen molar-refractivity contribution in [1.29, 1.82) is 0 Å². The maximum atomic E-state index is 13.3. The zero-order chi connectivity index (χ0) is 51.1. The standard InChI is InChI=1S/C24H29FN6O3.C14H18FNO4.C9H12N6/c1-24(2,3)34-23(33)29-20(12-15-6-8-16(25)9-7-15)21(32)14-17-13-19(30-31(17)5)18-10-11-27-22(26-4)28-18;1-14(2,3)20-13(19)16-11(12(17)18)8-9-4-6-10(15)7-5-9;1-11-9-12-4-3-6(13-9)7-5-8(10)15(2)14-7/h6-11,13,20H,12,14H2,1-5H3,(H,29,33)(H,26,27,28);4-7,11H,8H2,1-3H3,(H,16,19)(H,17,18);3-5H,10H2,1-2H3,(H,11,12,13)/t20-;11-;/m00./s1. The van der Waals surface area contributed by atoms with E-state index in [9.17, 15) is 28.0 Å². The number of amides is 2. The number of halogens is 2. The van der Waals surface area contributed by atoms with Crippen LogP contribution in [0, 0.1) is 11.6 Å². The Morgan fingerprint density at radius 1 is 0.652 bits per heavy atom. The summed E-state index contributed by atoms with van der Waals surface area (Å²) in [7, 11) is 7.02. The maximum Gasteiger partial charge on any atom is 0.408 e. The first-order valence-electron chi connectivity index (χ1n) is 21.5. The second-order valence-electron chi connectivity index (χ2n) is 17.3. The van der Waals surface area contributed by atoms with E-state index in [-0.39, 0.29) is 30.9 Å². The first-order valence-corrected chi connectivity index (χ1v) is 21.5. The van der Waals surface area contributed by atoms with Crippen molar-refractivity contribution in [3.8, 4) is 22.8 Å². The summed E-state index contributed by atoms with van der Waals surface area (Å²) < 4.78 is 39.6. The van der Waals surface area contributed by atoms with Crippen molar-refractivity contribution in [2.75, 3.05) is 30.5 Å². The Morgan fingerprint density at radius 2 is 1.07 bits per heavy atom. The molecular weight excluding hydrogens is 897 g/mol. The molecule has 0 aliphatic rings. The summed E-state index contributed by atoms with van der Waals surface area (Å²) in [6.07, 6.45) is 2.08. The number of nitrogens with one attached hydrogen (secondary N) is 4. The zero-order valence-corrected chi connectivity index (χ0v) is 40.2. The average Bonchev–Trinajstić information content (AvgIpc) is 3.82. The molecule has 7 N–H and O–H groups in total. The average molecular weight is 956 g/mol. The van der Waals surface area contributed by atoms with Crippen LogP contribution in [-0.2, 0) is 52.4 Å². The highest BCUT2D eigenvalue weighted by molar-refractivity contribution is 5.89. The Bertz CT molecular complexity index is 2640. The fourth-order valence-corrected chi connectivity index (χ4v) is 6.01. The number of aromatic nitrogens is 8.